The number of rotatable bonds is 9. The SMILES string of the molecule is COCCNCC1CCCN(C(C)C(=O)NCC(C)C)C1. The van der Waals surface area contributed by atoms with Crippen molar-refractivity contribution in [3.8, 4) is 0 Å². The smallest absolute Gasteiger partial charge is 0.237 e. The molecule has 1 fully saturated rings. The van der Waals surface area contributed by atoms with Gasteiger partial charge in [-0.15, -0.1) is 0 Å². The van der Waals surface area contributed by atoms with Gasteiger partial charge in [-0.1, -0.05) is 13.8 Å². The van der Waals surface area contributed by atoms with E-state index >= 15 is 0 Å². The summed E-state index contributed by atoms with van der Waals surface area (Å²) in [6.07, 6.45) is 2.43. The van der Waals surface area contributed by atoms with Gasteiger partial charge in [0.1, 0.15) is 0 Å². The van der Waals surface area contributed by atoms with E-state index in [-0.39, 0.29) is 11.9 Å². The van der Waals surface area contributed by atoms with Crippen LogP contribution < -0.4 is 10.6 Å². The standard InChI is InChI=1S/C16H33N3O2/c1-13(2)10-18-16(20)14(3)19-8-5-6-15(12-19)11-17-7-9-21-4/h13-15,17H,5-12H2,1-4H3,(H,18,20). The molecule has 1 saturated heterocycles. The van der Waals surface area contributed by atoms with Crippen molar-refractivity contribution in [2.45, 2.75) is 39.7 Å². The topological polar surface area (TPSA) is 53.6 Å². The van der Waals surface area contributed by atoms with E-state index in [2.05, 4.69) is 29.4 Å². The highest BCUT2D eigenvalue weighted by Crippen LogP contribution is 2.18. The molecule has 0 aromatic heterocycles. The summed E-state index contributed by atoms with van der Waals surface area (Å²) in [6.45, 7) is 11.7. The molecule has 2 N–H and O–H groups in total. The minimum absolute atomic E-state index is 0.0227. The van der Waals surface area contributed by atoms with Crippen LogP contribution >= 0.6 is 0 Å². The summed E-state index contributed by atoms with van der Waals surface area (Å²) in [5, 5.41) is 6.47. The van der Waals surface area contributed by atoms with Crippen LogP contribution in [0.4, 0.5) is 0 Å². The number of likely N-dealkylation sites (tertiary alicyclic amines) is 1. The second kappa shape index (κ2) is 10.1. The lowest BCUT2D eigenvalue weighted by molar-refractivity contribution is -0.126. The van der Waals surface area contributed by atoms with E-state index in [1.807, 2.05) is 6.92 Å². The van der Waals surface area contributed by atoms with Gasteiger partial charge in [-0.3, -0.25) is 9.69 Å². The van der Waals surface area contributed by atoms with Crippen molar-refractivity contribution >= 4 is 5.91 Å². The molecule has 5 heteroatoms. The van der Waals surface area contributed by atoms with Crippen molar-refractivity contribution in [1.29, 1.82) is 0 Å². The molecule has 124 valence electrons. The zero-order chi connectivity index (χ0) is 15.7. The molecule has 1 heterocycles. The molecule has 1 amide bonds. The first-order valence-electron chi connectivity index (χ1n) is 8.26. The summed E-state index contributed by atoms with van der Waals surface area (Å²) in [4.78, 5) is 14.5. The normalized spacial score (nSPS) is 21.5. The predicted molar refractivity (Wildman–Crippen MR) is 86.4 cm³/mol. The second-order valence-electron chi connectivity index (χ2n) is 6.52. The quantitative estimate of drug-likeness (QED) is 0.626. The first kappa shape index (κ1) is 18.4. The zero-order valence-electron chi connectivity index (χ0n) is 14.2. The van der Waals surface area contributed by atoms with Gasteiger partial charge >= 0.3 is 0 Å². The Bertz CT molecular complexity index is 297. The van der Waals surface area contributed by atoms with Crippen LogP contribution in [0.2, 0.25) is 0 Å². The van der Waals surface area contributed by atoms with E-state index < -0.39 is 0 Å². The van der Waals surface area contributed by atoms with Gasteiger partial charge in [0.15, 0.2) is 0 Å². The third kappa shape index (κ3) is 7.25. The molecule has 2 unspecified atom stereocenters. The predicted octanol–water partition coefficient (Wildman–Crippen LogP) is 1.10. The Labute approximate surface area is 129 Å². The molecule has 0 bridgehead atoms. The maximum Gasteiger partial charge on any atom is 0.237 e. The molecular formula is C16H33N3O2. The van der Waals surface area contributed by atoms with Crippen LogP contribution in [0.5, 0.6) is 0 Å². The first-order chi connectivity index (χ1) is 10.0. The Morgan fingerprint density at radius 2 is 2.14 bits per heavy atom. The maximum absolute atomic E-state index is 12.2. The molecule has 0 saturated carbocycles. The monoisotopic (exact) mass is 299 g/mol. The van der Waals surface area contributed by atoms with Gasteiger partial charge in [-0.05, 0) is 44.7 Å². The third-order valence-electron chi connectivity index (χ3n) is 4.08. The largest absolute Gasteiger partial charge is 0.383 e. The summed E-state index contributed by atoms with van der Waals surface area (Å²) < 4.78 is 5.04. The summed E-state index contributed by atoms with van der Waals surface area (Å²) >= 11 is 0. The lowest BCUT2D eigenvalue weighted by atomic mass is 9.96. The Kier molecular flexibility index (Phi) is 8.88. The van der Waals surface area contributed by atoms with Crippen LogP contribution in [0, 0.1) is 11.8 Å². The molecule has 1 aliphatic heterocycles. The van der Waals surface area contributed by atoms with Gasteiger partial charge in [0.05, 0.1) is 12.6 Å². The van der Waals surface area contributed by atoms with Crippen molar-refractivity contribution in [2.24, 2.45) is 11.8 Å². The average molecular weight is 299 g/mol. The summed E-state index contributed by atoms with van der Waals surface area (Å²) in [7, 11) is 1.72. The van der Waals surface area contributed by atoms with Crippen molar-refractivity contribution < 1.29 is 9.53 Å². The van der Waals surface area contributed by atoms with Crippen LogP contribution in [-0.2, 0) is 9.53 Å². The van der Waals surface area contributed by atoms with Gasteiger partial charge in [0.2, 0.25) is 5.91 Å². The minimum atomic E-state index is -0.0227. The molecule has 0 aromatic carbocycles. The van der Waals surface area contributed by atoms with Gasteiger partial charge in [-0.25, -0.2) is 0 Å². The number of amides is 1. The number of nitrogens with zero attached hydrogens (tertiary/aromatic N) is 1. The van der Waals surface area contributed by atoms with Gasteiger partial charge in [-0.2, -0.15) is 0 Å². The zero-order valence-corrected chi connectivity index (χ0v) is 14.2. The van der Waals surface area contributed by atoms with Gasteiger partial charge < -0.3 is 15.4 Å². The summed E-state index contributed by atoms with van der Waals surface area (Å²) in [5.74, 6) is 1.30. The van der Waals surface area contributed by atoms with Crippen LogP contribution in [0.25, 0.3) is 0 Å². The molecule has 1 rings (SSSR count). The Balaban J connectivity index is 2.31. The van der Waals surface area contributed by atoms with Crippen LogP contribution in [0.3, 0.4) is 0 Å². The Morgan fingerprint density at radius 1 is 1.38 bits per heavy atom. The average Bonchev–Trinajstić information content (AvgIpc) is 2.48. The highest BCUT2D eigenvalue weighted by atomic mass is 16.5. The number of hydrogen-bond donors (Lipinski definition) is 2. The number of carbonyl (C=O) groups excluding carboxylic acids is 1. The van der Waals surface area contributed by atoms with E-state index in [1.54, 1.807) is 7.11 Å². The summed E-state index contributed by atoms with van der Waals surface area (Å²) in [5.41, 5.74) is 0. The van der Waals surface area contributed by atoms with Gasteiger partial charge in [0, 0.05) is 26.7 Å². The molecule has 0 aliphatic carbocycles. The van der Waals surface area contributed by atoms with Crippen LogP contribution in [0.1, 0.15) is 33.6 Å². The molecule has 0 aromatic rings. The highest BCUT2D eigenvalue weighted by Gasteiger charge is 2.27. The van der Waals surface area contributed by atoms with E-state index in [1.165, 1.54) is 12.8 Å². The highest BCUT2D eigenvalue weighted by molar-refractivity contribution is 5.81. The fourth-order valence-corrected chi connectivity index (χ4v) is 2.71. The maximum atomic E-state index is 12.2. The second-order valence-corrected chi connectivity index (χ2v) is 6.52. The Morgan fingerprint density at radius 3 is 2.81 bits per heavy atom. The first-order valence-corrected chi connectivity index (χ1v) is 8.26. The summed E-state index contributed by atoms with van der Waals surface area (Å²) in [6, 6.07) is -0.0227. The number of ether oxygens (including phenoxy) is 1. The van der Waals surface area contributed by atoms with Crippen LogP contribution in [-0.4, -0.2) is 63.3 Å². The van der Waals surface area contributed by atoms with Crippen molar-refractivity contribution in [1.82, 2.24) is 15.5 Å². The van der Waals surface area contributed by atoms with E-state index in [4.69, 9.17) is 4.74 Å². The molecule has 1 aliphatic rings. The molecule has 5 nitrogen and oxygen atoms in total. The fourth-order valence-electron chi connectivity index (χ4n) is 2.71. The lowest BCUT2D eigenvalue weighted by Gasteiger charge is -2.36. The van der Waals surface area contributed by atoms with E-state index in [0.717, 1.165) is 39.3 Å². The van der Waals surface area contributed by atoms with Crippen molar-refractivity contribution in [3.63, 3.8) is 0 Å². The van der Waals surface area contributed by atoms with Crippen molar-refractivity contribution in [2.75, 3.05) is 46.4 Å². The molecular weight excluding hydrogens is 266 g/mol. The number of piperidine rings is 1. The molecule has 21 heavy (non-hydrogen) atoms. The van der Waals surface area contributed by atoms with E-state index in [0.29, 0.717) is 11.8 Å². The minimum Gasteiger partial charge on any atom is -0.383 e. The molecule has 2 atom stereocenters. The number of hydrogen-bond acceptors (Lipinski definition) is 4. The van der Waals surface area contributed by atoms with Crippen molar-refractivity contribution in [3.05, 3.63) is 0 Å². The molecule has 0 spiro atoms. The number of carbonyl (C=O) groups is 1. The number of nitrogens with one attached hydrogen (secondary N) is 2. The fraction of sp³-hybridized carbons (Fsp3) is 0.938. The lowest BCUT2D eigenvalue weighted by Crippen LogP contribution is -2.50. The third-order valence-corrected chi connectivity index (χ3v) is 4.08. The van der Waals surface area contributed by atoms with Gasteiger partial charge in [0.25, 0.3) is 0 Å². The van der Waals surface area contributed by atoms with E-state index in [9.17, 15) is 4.79 Å². The Hall–Kier alpha value is -0.650. The molecule has 0 radical (unpaired) electrons. The number of methoxy groups -OCH3 is 1. The van der Waals surface area contributed by atoms with Crippen LogP contribution in [0.15, 0.2) is 0 Å².